The van der Waals surface area contributed by atoms with Crippen LogP contribution in [-0.2, 0) is 4.74 Å². The maximum absolute atomic E-state index is 9.23. The Kier molecular flexibility index (Phi) is 3.37. The normalized spacial score (nSPS) is 56.1. The third-order valence-corrected chi connectivity index (χ3v) is 9.87. The second-order valence-electron chi connectivity index (χ2n) is 10.4. The number of nitrogens with zero attached hydrogens (tertiary/aromatic N) is 2. The monoisotopic (exact) mass is 362 g/mol. The van der Waals surface area contributed by atoms with E-state index in [1.165, 1.54) is 19.3 Å². The number of rotatable bonds is 10. The van der Waals surface area contributed by atoms with Gasteiger partial charge in [-0.2, -0.15) is 0 Å². The Morgan fingerprint density at radius 1 is 0.769 bits per heavy atom. The molecule has 146 valence electrons. The molecule has 5 saturated carbocycles. The molecule has 5 heteroatoms. The fourth-order valence-electron chi connectivity index (χ4n) is 9.58. The highest BCUT2D eigenvalue weighted by Gasteiger charge is 2.96. The van der Waals surface area contributed by atoms with Crippen LogP contribution < -0.4 is 0 Å². The summed E-state index contributed by atoms with van der Waals surface area (Å²) in [6, 6.07) is 0. The quantitative estimate of drug-likeness (QED) is 0.593. The summed E-state index contributed by atoms with van der Waals surface area (Å²) in [5, 5.41) is 18.5. The van der Waals surface area contributed by atoms with Crippen LogP contribution in [0, 0.1) is 47.3 Å². The van der Waals surface area contributed by atoms with Crippen molar-refractivity contribution in [1.82, 2.24) is 9.80 Å². The zero-order valence-corrected chi connectivity index (χ0v) is 16.2. The van der Waals surface area contributed by atoms with Crippen molar-refractivity contribution in [3.8, 4) is 0 Å². The maximum atomic E-state index is 9.23. The Hall–Kier alpha value is -0.200. The summed E-state index contributed by atoms with van der Waals surface area (Å²) >= 11 is 0. The van der Waals surface area contributed by atoms with Crippen molar-refractivity contribution >= 4 is 0 Å². The smallest absolute Gasteiger partial charge is 0.0771 e. The summed E-state index contributed by atoms with van der Waals surface area (Å²) in [6.45, 7) is 4.16. The van der Waals surface area contributed by atoms with Crippen molar-refractivity contribution in [1.29, 1.82) is 0 Å². The summed E-state index contributed by atoms with van der Waals surface area (Å²) in [7, 11) is 4.27. The molecule has 2 aliphatic heterocycles. The standard InChI is InChI=1S/C21H34N2O3/c1-22(7-9-24)5-3-20-16-12-11-13-15-14(12)18(20)19(15)21(26-20,17(13)16)4-6-23(2)8-10-25/h12-19,24-25H,3-11H2,1-2H3. The van der Waals surface area contributed by atoms with Crippen LogP contribution in [0.5, 0.6) is 0 Å². The Morgan fingerprint density at radius 3 is 1.65 bits per heavy atom. The second-order valence-corrected chi connectivity index (χ2v) is 10.4. The SMILES string of the molecule is CN(CCO)CCC12OC3(CCN(C)CCO)C4C5CC(C6C5C3C61)C42. The Balaban J connectivity index is 1.26. The molecular weight excluding hydrogens is 328 g/mol. The third kappa shape index (κ3) is 1.60. The second kappa shape index (κ2) is 5.24. The molecule has 5 nitrogen and oxygen atoms in total. The minimum Gasteiger partial charge on any atom is -0.395 e. The molecule has 0 aromatic heterocycles. The van der Waals surface area contributed by atoms with Gasteiger partial charge in [-0.15, -0.1) is 0 Å². The van der Waals surface area contributed by atoms with Crippen molar-refractivity contribution in [2.24, 2.45) is 47.3 Å². The fraction of sp³-hybridized carbons (Fsp3) is 1.00. The molecule has 0 radical (unpaired) electrons. The van der Waals surface area contributed by atoms with Crippen LogP contribution in [0.25, 0.3) is 0 Å². The molecule has 0 spiro atoms. The largest absolute Gasteiger partial charge is 0.395 e. The fourth-order valence-corrected chi connectivity index (χ4v) is 9.58. The molecule has 5 aliphatic carbocycles. The average molecular weight is 363 g/mol. The Labute approximate surface area is 156 Å². The van der Waals surface area contributed by atoms with E-state index in [9.17, 15) is 10.2 Å². The predicted molar refractivity (Wildman–Crippen MR) is 97.5 cm³/mol. The van der Waals surface area contributed by atoms with Gasteiger partial charge in [-0.1, -0.05) is 0 Å². The van der Waals surface area contributed by atoms with Gasteiger partial charge < -0.3 is 24.7 Å². The van der Waals surface area contributed by atoms with Gasteiger partial charge in [-0.25, -0.2) is 0 Å². The molecule has 0 aromatic carbocycles. The van der Waals surface area contributed by atoms with Crippen LogP contribution in [-0.4, -0.2) is 84.7 Å². The number of hydrogen-bond donors (Lipinski definition) is 2. The highest BCUT2D eigenvalue weighted by atomic mass is 16.5. The van der Waals surface area contributed by atoms with Gasteiger partial charge in [-0.3, -0.25) is 0 Å². The average Bonchev–Trinajstić information content (AvgIpc) is 3.24. The Morgan fingerprint density at radius 2 is 1.23 bits per heavy atom. The predicted octanol–water partition coefficient (Wildman–Crippen LogP) is 0.510. The van der Waals surface area contributed by atoms with Gasteiger partial charge in [0.15, 0.2) is 0 Å². The van der Waals surface area contributed by atoms with E-state index in [0.717, 1.165) is 73.5 Å². The summed E-state index contributed by atoms with van der Waals surface area (Å²) in [4.78, 5) is 4.57. The van der Waals surface area contributed by atoms with Gasteiger partial charge in [0.1, 0.15) is 0 Å². The van der Waals surface area contributed by atoms with E-state index in [0.29, 0.717) is 0 Å². The molecule has 7 aliphatic rings. The number of hydrogen-bond acceptors (Lipinski definition) is 5. The van der Waals surface area contributed by atoms with E-state index in [1.807, 2.05) is 0 Å². The summed E-state index contributed by atoms with van der Waals surface area (Å²) in [6.07, 6.45) is 3.85. The summed E-state index contributed by atoms with van der Waals surface area (Å²) in [5.74, 6) is 7.29. The van der Waals surface area contributed by atoms with E-state index in [-0.39, 0.29) is 24.4 Å². The van der Waals surface area contributed by atoms with Gasteiger partial charge in [0.2, 0.25) is 0 Å². The lowest BCUT2D eigenvalue weighted by molar-refractivity contribution is -0.0845. The van der Waals surface area contributed by atoms with Crippen molar-refractivity contribution in [3.63, 3.8) is 0 Å². The van der Waals surface area contributed by atoms with Crippen LogP contribution in [0.4, 0.5) is 0 Å². The minimum atomic E-state index is 0.172. The molecule has 2 saturated heterocycles. The molecule has 7 fully saturated rings. The van der Waals surface area contributed by atoms with Crippen molar-refractivity contribution in [2.45, 2.75) is 30.5 Å². The van der Waals surface area contributed by atoms with Crippen LogP contribution >= 0.6 is 0 Å². The summed E-state index contributed by atoms with van der Waals surface area (Å²) < 4.78 is 7.22. The van der Waals surface area contributed by atoms with Crippen molar-refractivity contribution in [3.05, 3.63) is 0 Å². The lowest BCUT2D eigenvalue weighted by Gasteiger charge is -2.48. The van der Waals surface area contributed by atoms with Crippen LogP contribution in [0.15, 0.2) is 0 Å². The van der Waals surface area contributed by atoms with Crippen molar-refractivity contribution in [2.75, 3.05) is 53.5 Å². The van der Waals surface area contributed by atoms with Crippen LogP contribution in [0.3, 0.4) is 0 Å². The maximum Gasteiger partial charge on any atom is 0.0771 e. The van der Waals surface area contributed by atoms with Gasteiger partial charge in [-0.05, 0) is 80.7 Å². The van der Waals surface area contributed by atoms with E-state index >= 15 is 0 Å². The van der Waals surface area contributed by atoms with Gasteiger partial charge in [0, 0.05) is 26.2 Å². The van der Waals surface area contributed by atoms with Crippen LogP contribution in [0.2, 0.25) is 0 Å². The number of ether oxygens (including phenoxy) is 1. The zero-order chi connectivity index (χ0) is 17.8. The molecule has 7 rings (SSSR count). The topological polar surface area (TPSA) is 56.2 Å². The minimum absolute atomic E-state index is 0.172. The van der Waals surface area contributed by atoms with Gasteiger partial charge in [0.25, 0.3) is 0 Å². The highest BCUT2D eigenvalue weighted by molar-refractivity contribution is 5.43. The Bertz CT molecular complexity index is 562. The van der Waals surface area contributed by atoms with E-state index in [1.54, 1.807) is 0 Å². The molecule has 0 aromatic rings. The lowest BCUT2D eigenvalue weighted by atomic mass is 9.54. The van der Waals surface area contributed by atoms with Crippen LogP contribution in [0.1, 0.15) is 19.3 Å². The lowest BCUT2D eigenvalue weighted by Crippen LogP contribution is -2.52. The molecule has 4 bridgehead atoms. The van der Waals surface area contributed by atoms with Gasteiger partial charge >= 0.3 is 0 Å². The van der Waals surface area contributed by atoms with Gasteiger partial charge in [0.05, 0.1) is 24.4 Å². The van der Waals surface area contributed by atoms with E-state index in [4.69, 9.17) is 4.74 Å². The molecule has 26 heavy (non-hydrogen) atoms. The number of aliphatic hydroxyl groups excluding tert-OH is 2. The molecule has 10 unspecified atom stereocenters. The first-order valence-electron chi connectivity index (χ1n) is 10.9. The number of aliphatic hydroxyl groups is 2. The molecule has 0 amide bonds. The molecule has 2 N–H and O–H groups in total. The van der Waals surface area contributed by atoms with Crippen molar-refractivity contribution < 1.29 is 14.9 Å². The van der Waals surface area contributed by atoms with E-state index < -0.39 is 0 Å². The number of likely N-dealkylation sites (N-methyl/N-ethyl adjacent to an activating group) is 2. The summed E-state index contributed by atoms with van der Waals surface area (Å²) in [5.41, 5.74) is 0.345. The molecule has 2 heterocycles. The highest BCUT2D eigenvalue weighted by Crippen LogP contribution is 2.93. The molecule has 10 atom stereocenters. The van der Waals surface area contributed by atoms with E-state index in [2.05, 4.69) is 23.9 Å². The molecular formula is C21H34N2O3. The first-order valence-corrected chi connectivity index (χ1v) is 10.9. The first-order chi connectivity index (χ1) is 12.6. The third-order valence-electron chi connectivity index (χ3n) is 9.87. The first kappa shape index (κ1) is 16.7. The zero-order valence-electron chi connectivity index (χ0n) is 16.2.